The first kappa shape index (κ1) is 12.3. The molecule has 2 aromatic heterocycles. The fourth-order valence-electron chi connectivity index (χ4n) is 2.32. The zero-order valence-corrected chi connectivity index (χ0v) is 11.2. The van der Waals surface area contributed by atoms with Crippen molar-refractivity contribution in [1.82, 2.24) is 24.7 Å². The summed E-state index contributed by atoms with van der Waals surface area (Å²) in [5.41, 5.74) is 0. The Labute approximate surface area is 116 Å². The van der Waals surface area contributed by atoms with Crippen molar-refractivity contribution in [2.75, 3.05) is 5.32 Å². The van der Waals surface area contributed by atoms with E-state index >= 15 is 0 Å². The van der Waals surface area contributed by atoms with Crippen LogP contribution in [0.15, 0.2) is 18.5 Å². The second-order valence-electron chi connectivity index (χ2n) is 4.66. The molecule has 0 amide bonds. The van der Waals surface area contributed by atoms with Crippen molar-refractivity contribution in [3.8, 4) is 5.95 Å². The van der Waals surface area contributed by atoms with Crippen LogP contribution in [0.1, 0.15) is 32.1 Å². The molecule has 0 aliphatic heterocycles. The van der Waals surface area contributed by atoms with E-state index in [1.165, 1.54) is 19.3 Å². The van der Waals surface area contributed by atoms with Crippen molar-refractivity contribution in [3.05, 3.63) is 23.7 Å². The average molecular weight is 279 g/mol. The molecule has 1 saturated carbocycles. The Balaban J connectivity index is 1.81. The van der Waals surface area contributed by atoms with Crippen LogP contribution in [-0.4, -0.2) is 30.8 Å². The van der Waals surface area contributed by atoms with E-state index in [4.69, 9.17) is 11.6 Å². The molecule has 100 valence electrons. The molecule has 2 aromatic rings. The first-order valence-electron chi connectivity index (χ1n) is 6.49. The van der Waals surface area contributed by atoms with E-state index < -0.39 is 0 Å². The van der Waals surface area contributed by atoms with E-state index in [1.54, 1.807) is 17.1 Å². The first-order valence-corrected chi connectivity index (χ1v) is 6.87. The first-order chi connectivity index (χ1) is 9.31. The summed E-state index contributed by atoms with van der Waals surface area (Å²) in [5.74, 6) is 0.959. The van der Waals surface area contributed by atoms with E-state index in [0.717, 1.165) is 12.8 Å². The Kier molecular flexibility index (Phi) is 3.59. The normalized spacial score (nSPS) is 16.5. The van der Waals surface area contributed by atoms with Gasteiger partial charge in [0.1, 0.15) is 0 Å². The van der Waals surface area contributed by atoms with Crippen molar-refractivity contribution in [2.45, 2.75) is 38.1 Å². The van der Waals surface area contributed by atoms with E-state index in [2.05, 4.69) is 25.4 Å². The molecule has 0 spiro atoms. The number of hydrogen-bond acceptors (Lipinski definition) is 5. The topological polar surface area (TPSA) is 68.5 Å². The van der Waals surface area contributed by atoms with Gasteiger partial charge in [-0.1, -0.05) is 19.3 Å². The highest BCUT2D eigenvalue weighted by molar-refractivity contribution is 6.28. The molecule has 1 fully saturated rings. The van der Waals surface area contributed by atoms with E-state index in [-0.39, 0.29) is 5.28 Å². The van der Waals surface area contributed by atoms with Crippen LogP contribution in [0.4, 0.5) is 5.95 Å². The fourth-order valence-corrected chi connectivity index (χ4v) is 2.48. The molecule has 1 N–H and O–H groups in total. The molecule has 3 rings (SSSR count). The third kappa shape index (κ3) is 3.01. The van der Waals surface area contributed by atoms with Gasteiger partial charge >= 0.3 is 0 Å². The Hall–Kier alpha value is -1.69. The predicted octanol–water partition coefficient (Wildman–Crippen LogP) is 2.46. The molecule has 6 nitrogen and oxygen atoms in total. The van der Waals surface area contributed by atoms with Gasteiger partial charge in [0.15, 0.2) is 0 Å². The minimum absolute atomic E-state index is 0.179. The maximum Gasteiger partial charge on any atom is 0.256 e. The van der Waals surface area contributed by atoms with Gasteiger partial charge in [0.05, 0.1) is 0 Å². The molecule has 7 heteroatoms. The lowest BCUT2D eigenvalue weighted by Crippen LogP contribution is -2.24. The molecule has 2 heterocycles. The number of nitrogens with zero attached hydrogens (tertiary/aromatic N) is 5. The summed E-state index contributed by atoms with van der Waals surface area (Å²) in [4.78, 5) is 12.6. The van der Waals surface area contributed by atoms with Crippen molar-refractivity contribution in [1.29, 1.82) is 0 Å². The minimum Gasteiger partial charge on any atom is -0.351 e. The second kappa shape index (κ2) is 5.52. The van der Waals surface area contributed by atoms with Crippen LogP contribution in [0.25, 0.3) is 5.95 Å². The molecule has 1 aliphatic rings. The SMILES string of the molecule is Clc1nc(NC2CCCCC2)nc(-n2cccn2)n1. The Morgan fingerprint density at radius 3 is 2.74 bits per heavy atom. The van der Waals surface area contributed by atoms with Crippen LogP contribution in [-0.2, 0) is 0 Å². The lowest BCUT2D eigenvalue weighted by Gasteiger charge is -2.22. The second-order valence-corrected chi connectivity index (χ2v) is 5.00. The predicted molar refractivity (Wildman–Crippen MR) is 72.5 cm³/mol. The van der Waals surface area contributed by atoms with Crippen LogP contribution in [0.5, 0.6) is 0 Å². The van der Waals surface area contributed by atoms with Gasteiger partial charge in [-0.15, -0.1) is 0 Å². The van der Waals surface area contributed by atoms with E-state index in [9.17, 15) is 0 Å². The molecular weight excluding hydrogens is 264 g/mol. The summed E-state index contributed by atoms with van der Waals surface area (Å²) in [6.45, 7) is 0. The van der Waals surface area contributed by atoms with Crippen LogP contribution < -0.4 is 5.32 Å². The summed E-state index contributed by atoms with van der Waals surface area (Å²) in [6, 6.07) is 2.24. The number of nitrogens with one attached hydrogen (secondary N) is 1. The molecule has 0 saturated heterocycles. The van der Waals surface area contributed by atoms with E-state index in [1.807, 2.05) is 6.07 Å². The lowest BCUT2D eigenvalue weighted by molar-refractivity contribution is 0.460. The summed E-state index contributed by atoms with van der Waals surface area (Å²) < 4.78 is 1.57. The third-order valence-corrected chi connectivity index (χ3v) is 3.41. The zero-order chi connectivity index (χ0) is 13.1. The van der Waals surface area contributed by atoms with Gasteiger partial charge in [-0.2, -0.15) is 20.1 Å². The van der Waals surface area contributed by atoms with Crippen LogP contribution in [0.3, 0.4) is 0 Å². The van der Waals surface area contributed by atoms with Gasteiger partial charge in [-0.25, -0.2) is 4.68 Å². The largest absolute Gasteiger partial charge is 0.351 e. The van der Waals surface area contributed by atoms with Gasteiger partial charge in [-0.3, -0.25) is 0 Å². The van der Waals surface area contributed by atoms with Crippen LogP contribution in [0, 0.1) is 0 Å². The lowest BCUT2D eigenvalue weighted by atomic mass is 9.96. The molecule has 0 unspecified atom stereocenters. The quantitative estimate of drug-likeness (QED) is 0.934. The fraction of sp³-hybridized carbons (Fsp3) is 0.500. The summed E-state index contributed by atoms with van der Waals surface area (Å²) in [5, 5.41) is 7.61. The van der Waals surface area contributed by atoms with Crippen molar-refractivity contribution in [2.24, 2.45) is 0 Å². The molecule has 19 heavy (non-hydrogen) atoms. The number of anilines is 1. The Morgan fingerprint density at radius 1 is 1.16 bits per heavy atom. The standard InChI is InChI=1S/C12H15ClN6/c13-10-16-11(15-9-5-2-1-3-6-9)18-12(17-10)19-8-4-7-14-19/h4,7-9H,1-3,5-6H2,(H,15,16,17,18). The molecule has 0 atom stereocenters. The Morgan fingerprint density at radius 2 is 2.00 bits per heavy atom. The van der Waals surface area contributed by atoms with Crippen molar-refractivity contribution in [3.63, 3.8) is 0 Å². The number of hydrogen-bond donors (Lipinski definition) is 1. The van der Waals surface area contributed by atoms with Gasteiger partial charge < -0.3 is 5.32 Å². The smallest absolute Gasteiger partial charge is 0.256 e. The minimum atomic E-state index is 0.179. The monoisotopic (exact) mass is 278 g/mol. The van der Waals surface area contributed by atoms with Gasteiger partial charge in [0.2, 0.25) is 11.2 Å². The number of aromatic nitrogens is 5. The summed E-state index contributed by atoms with van der Waals surface area (Å²) in [7, 11) is 0. The number of halogens is 1. The van der Waals surface area contributed by atoms with Crippen LogP contribution in [0.2, 0.25) is 5.28 Å². The Bertz CT molecular complexity index is 535. The third-order valence-electron chi connectivity index (χ3n) is 3.24. The summed E-state index contributed by atoms with van der Waals surface area (Å²) >= 11 is 5.94. The van der Waals surface area contributed by atoms with Crippen molar-refractivity contribution < 1.29 is 0 Å². The molecule has 0 radical (unpaired) electrons. The maximum atomic E-state index is 5.94. The van der Waals surface area contributed by atoms with E-state index in [0.29, 0.717) is 17.9 Å². The average Bonchev–Trinajstić information content (AvgIpc) is 2.93. The van der Waals surface area contributed by atoms with Crippen molar-refractivity contribution >= 4 is 17.5 Å². The zero-order valence-electron chi connectivity index (χ0n) is 10.5. The highest BCUT2D eigenvalue weighted by Crippen LogP contribution is 2.20. The highest BCUT2D eigenvalue weighted by Gasteiger charge is 2.15. The molecule has 0 bridgehead atoms. The molecular formula is C12H15ClN6. The van der Waals surface area contributed by atoms with Gasteiger partial charge in [0, 0.05) is 18.4 Å². The van der Waals surface area contributed by atoms with Gasteiger partial charge in [0.25, 0.3) is 5.95 Å². The van der Waals surface area contributed by atoms with Gasteiger partial charge in [-0.05, 0) is 30.5 Å². The molecule has 0 aromatic carbocycles. The maximum absolute atomic E-state index is 5.94. The number of rotatable bonds is 3. The van der Waals surface area contributed by atoms with Crippen LogP contribution >= 0.6 is 11.6 Å². The molecule has 1 aliphatic carbocycles. The highest BCUT2D eigenvalue weighted by atomic mass is 35.5. The summed E-state index contributed by atoms with van der Waals surface area (Å²) in [6.07, 6.45) is 9.57.